The van der Waals surface area contributed by atoms with Crippen molar-refractivity contribution in [1.29, 1.82) is 5.26 Å². The zero-order valence-electron chi connectivity index (χ0n) is 14.8. The summed E-state index contributed by atoms with van der Waals surface area (Å²) in [5.74, 6) is 0. The molecular weight excluding hydrogens is 326 g/mol. The standard InChI is InChI=1S/C20H19N5O/c1-3-25(15-5-6-15)20-16-7-4-13(10-17(16)22-23-18(20)12-21)14-8-9-24(2)19(26)11-14/h4,7-11,15H,3,5-6H2,1-2H3. The third-order valence-electron chi connectivity index (χ3n) is 4.89. The van der Waals surface area contributed by atoms with Crippen molar-refractivity contribution in [2.45, 2.75) is 25.8 Å². The molecule has 4 rings (SSSR count). The minimum atomic E-state index is -0.0555. The van der Waals surface area contributed by atoms with Gasteiger partial charge in [-0.15, -0.1) is 10.2 Å². The zero-order valence-corrected chi connectivity index (χ0v) is 14.8. The van der Waals surface area contributed by atoms with Gasteiger partial charge in [0.25, 0.3) is 5.56 Å². The first-order valence-electron chi connectivity index (χ1n) is 8.76. The van der Waals surface area contributed by atoms with Crippen LogP contribution in [0.3, 0.4) is 0 Å². The van der Waals surface area contributed by atoms with Crippen molar-refractivity contribution in [3.63, 3.8) is 0 Å². The molecule has 0 unspecified atom stereocenters. The van der Waals surface area contributed by atoms with Crippen LogP contribution in [0, 0.1) is 11.3 Å². The second kappa shape index (κ2) is 6.26. The van der Waals surface area contributed by atoms with Gasteiger partial charge in [-0.25, -0.2) is 0 Å². The quantitative estimate of drug-likeness (QED) is 0.727. The molecule has 0 N–H and O–H groups in total. The van der Waals surface area contributed by atoms with Crippen LogP contribution >= 0.6 is 0 Å². The Kier molecular flexibility index (Phi) is 3.92. The molecule has 0 spiro atoms. The molecule has 1 aromatic carbocycles. The van der Waals surface area contributed by atoms with Crippen molar-refractivity contribution in [3.8, 4) is 17.2 Å². The molecule has 6 heteroatoms. The number of nitriles is 1. The largest absolute Gasteiger partial charge is 0.366 e. The topological polar surface area (TPSA) is 74.8 Å². The average molecular weight is 345 g/mol. The first kappa shape index (κ1) is 16.3. The maximum absolute atomic E-state index is 11.9. The number of benzene rings is 1. The lowest BCUT2D eigenvalue weighted by atomic mass is 10.0. The normalized spacial score (nSPS) is 13.6. The Labute approximate surface area is 151 Å². The highest BCUT2D eigenvalue weighted by molar-refractivity contribution is 5.96. The van der Waals surface area contributed by atoms with E-state index in [0.29, 0.717) is 11.7 Å². The van der Waals surface area contributed by atoms with Crippen LogP contribution < -0.4 is 10.5 Å². The molecule has 0 atom stereocenters. The maximum Gasteiger partial charge on any atom is 0.250 e. The molecule has 2 heterocycles. The fourth-order valence-electron chi connectivity index (χ4n) is 3.35. The summed E-state index contributed by atoms with van der Waals surface area (Å²) in [6, 6.07) is 12.1. The van der Waals surface area contributed by atoms with Crippen molar-refractivity contribution in [1.82, 2.24) is 14.8 Å². The fraction of sp³-hybridized carbons (Fsp3) is 0.300. The lowest BCUT2D eigenvalue weighted by Gasteiger charge is -2.24. The molecule has 2 aromatic heterocycles. The van der Waals surface area contributed by atoms with Gasteiger partial charge in [-0.1, -0.05) is 6.07 Å². The molecule has 130 valence electrons. The van der Waals surface area contributed by atoms with Gasteiger partial charge in [-0.3, -0.25) is 4.79 Å². The van der Waals surface area contributed by atoms with Crippen LogP contribution in [0.4, 0.5) is 5.69 Å². The number of hydrogen-bond donors (Lipinski definition) is 0. The number of hydrogen-bond acceptors (Lipinski definition) is 5. The predicted octanol–water partition coefficient (Wildman–Crippen LogP) is 2.86. The van der Waals surface area contributed by atoms with E-state index >= 15 is 0 Å². The molecule has 0 bridgehead atoms. The highest BCUT2D eigenvalue weighted by Crippen LogP contribution is 2.37. The van der Waals surface area contributed by atoms with Gasteiger partial charge in [0.05, 0.1) is 11.2 Å². The first-order chi connectivity index (χ1) is 12.6. The van der Waals surface area contributed by atoms with Crippen LogP contribution in [0.5, 0.6) is 0 Å². The number of anilines is 1. The Morgan fingerprint density at radius 3 is 2.65 bits per heavy atom. The summed E-state index contributed by atoms with van der Waals surface area (Å²) in [7, 11) is 1.73. The summed E-state index contributed by atoms with van der Waals surface area (Å²) in [5, 5.41) is 18.8. The van der Waals surface area contributed by atoms with Crippen LogP contribution in [0.25, 0.3) is 22.0 Å². The van der Waals surface area contributed by atoms with Gasteiger partial charge in [0.15, 0.2) is 5.69 Å². The van der Waals surface area contributed by atoms with E-state index in [9.17, 15) is 10.1 Å². The van der Waals surface area contributed by atoms with Crippen molar-refractivity contribution < 1.29 is 0 Å². The van der Waals surface area contributed by atoms with Crippen LogP contribution in [0.15, 0.2) is 41.3 Å². The van der Waals surface area contributed by atoms with E-state index in [1.54, 1.807) is 19.3 Å². The summed E-state index contributed by atoms with van der Waals surface area (Å²) >= 11 is 0. The third kappa shape index (κ3) is 2.72. The van der Waals surface area contributed by atoms with Gasteiger partial charge in [-0.2, -0.15) is 5.26 Å². The van der Waals surface area contributed by atoms with Gasteiger partial charge in [0, 0.05) is 37.3 Å². The van der Waals surface area contributed by atoms with Gasteiger partial charge in [0.2, 0.25) is 0 Å². The predicted molar refractivity (Wildman–Crippen MR) is 101 cm³/mol. The van der Waals surface area contributed by atoms with Crippen molar-refractivity contribution in [3.05, 3.63) is 52.6 Å². The molecule has 1 aliphatic carbocycles. The molecule has 1 saturated carbocycles. The summed E-state index contributed by atoms with van der Waals surface area (Å²) in [5.41, 5.74) is 3.67. The van der Waals surface area contributed by atoms with Gasteiger partial charge in [-0.05, 0) is 49.1 Å². The monoisotopic (exact) mass is 345 g/mol. The summed E-state index contributed by atoms with van der Waals surface area (Å²) in [4.78, 5) is 14.2. The van der Waals surface area contributed by atoms with E-state index in [2.05, 4.69) is 28.1 Å². The molecule has 0 radical (unpaired) electrons. The lowest BCUT2D eigenvalue weighted by Crippen LogP contribution is -2.26. The Morgan fingerprint density at radius 1 is 1.23 bits per heavy atom. The lowest BCUT2D eigenvalue weighted by molar-refractivity contribution is 0.821. The van der Waals surface area contributed by atoms with Crippen LogP contribution in [-0.4, -0.2) is 27.4 Å². The van der Waals surface area contributed by atoms with Crippen molar-refractivity contribution in [2.24, 2.45) is 7.05 Å². The highest BCUT2D eigenvalue weighted by Gasteiger charge is 2.31. The maximum atomic E-state index is 11.9. The minimum Gasteiger partial charge on any atom is -0.366 e. The summed E-state index contributed by atoms with van der Waals surface area (Å²) < 4.78 is 1.54. The Bertz CT molecular complexity index is 1090. The second-order valence-electron chi connectivity index (χ2n) is 6.62. The average Bonchev–Trinajstić information content (AvgIpc) is 3.49. The van der Waals surface area contributed by atoms with E-state index in [0.717, 1.165) is 47.1 Å². The van der Waals surface area contributed by atoms with E-state index in [4.69, 9.17) is 0 Å². The highest BCUT2D eigenvalue weighted by atomic mass is 16.1. The number of aryl methyl sites for hydroxylation is 1. The smallest absolute Gasteiger partial charge is 0.250 e. The number of nitrogens with zero attached hydrogens (tertiary/aromatic N) is 5. The second-order valence-corrected chi connectivity index (χ2v) is 6.62. The Balaban J connectivity index is 1.88. The molecule has 1 aliphatic rings. The number of aromatic nitrogens is 3. The van der Waals surface area contributed by atoms with Crippen LogP contribution in [0.1, 0.15) is 25.5 Å². The molecule has 3 aromatic rings. The Hall–Kier alpha value is -3.20. The molecular formula is C20H19N5O. The minimum absolute atomic E-state index is 0.0555. The summed E-state index contributed by atoms with van der Waals surface area (Å²) in [6.45, 7) is 2.93. The molecule has 6 nitrogen and oxygen atoms in total. The number of fused-ring (bicyclic) bond motifs is 1. The molecule has 0 aliphatic heterocycles. The molecule has 26 heavy (non-hydrogen) atoms. The first-order valence-corrected chi connectivity index (χ1v) is 8.76. The van der Waals surface area contributed by atoms with Gasteiger partial charge < -0.3 is 9.47 Å². The summed E-state index contributed by atoms with van der Waals surface area (Å²) in [6.07, 6.45) is 4.05. The van der Waals surface area contributed by atoms with Crippen molar-refractivity contribution >= 4 is 16.6 Å². The number of pyridine rings is 1. The van der Waals surface area contributed by atoms with E-state index < -0.39 is 0 Å². The SMILES string of the molecule is CCN(c1c(C#N)nnc2cc(-c3ccn(C)c(=O)c3)ccc12)C1CC1. The molecule has 1 fully saturated rings. The van der Waals surface area contributed by atoms with Crippen molar-refractivity contribution in [2.75, 3.05) is 11.4 Å². The molecule has 0 amide bonds. The van der Waals surface area contributed by atoms with Gasteiger partial charge in [0.1, 0.15) is 6.07 Å². The zero-order chi connectivity index (χ0) is 18.3. The van der Waals surface area contributed by atoms with Crippen LogP contribution in [-0.2, 0) is 7.05 Å². The number of rotatable bonds is 4. The van der Waals surface area contributed by atoms with Crippen LogP contribution in [0.2, 0.25) is 0 Å². The third-order valence-corrected chi connectivity index (χ3v) is 4.89. The Morgan fingerprint density at radius 2 is 2.00 bits per heavy atom. The van der Waals surface area contributed by atoms with E-state index in [1.165, 1.54) is 4.57 Å². The fourth-order valence-corrected chi connectivity index (χ4v) is 3.35. The molecule has 0 saturated heterocycles. The van der Waals surface area contributed by atoms with Gasteiger partial charge >= 0.3 is 0 Å². The van der Waals surface area contributed by atoms with E-state index in [1.807, 2.05) is 24.3 Å². The van der Waals surface area contributed by atoms with E-state index in [-0.39, 0.29) is 5.56 Å².